The molecule has 0 bridgehead atoms. The number of hydrogen-bond donors (Lipinski definition) is 1. The van der Waals surface area contributed by atoms with Crippen molar-refractivity contribution in [3.8, 4) is 0 Å². The lowest BCUT2D eigenvalue weighted by Gasteiger charge is -2.23. The highest BCUT2D eigenvalue weighted by Crippen LogP contribution is 2.26. The van der Waals surface area contributed by atoms with Gasteiger partial charge in [0.15, 0.2) is 5.78 Å². The molecule has 0 radical (unpaired) electrons. The number of benzene rings is 2. The molecule has 0 amide bonds. The van der Waals surface area contributed by atoms with E-state index >= 15 is 0 Å². The van der Waals surface area contributed by atoms with Crippen LogP contribution in [-0.2, 0) is 5.60 Å². The summed E-state index contributed by atoms with van der Waals surface area (Å²) in [6.45, 7) is 5.66. The number of carbonyl (C=O) groups excluding carboxylic acids is 1. The molecular weight excluding hydrogens is 248 g/mol. The summed E-state index contributed by atoms with van der Waals surface area (Å²) < 4.78 is 0. The maximum Gasteiger partial charge on any atom is 0.166 e. The zero-order valence-corrected chi connectivity index (χ0v) is 12.2. The molecule has 0 aliphatic carbocycles. The Kier molecular flexibility index (Phi) is 4.05. The molecule has 0 heterocycles. The minimum atomic E-state index is -1.14. The fourth-order valence-electron chi connectivity index (χ4n) is 2.17. The highest BCUT2D eigenvalue weighted by Gasteiger charge is 2.26. The topological polar surface area (TPSA) is 37.3 Å². The van der Waals surface area contributed by atoms with Gasteiger partial charge in [0.05, 0.1) is 5.60 Å². The van der Waals surface area contributed by atoms with Gasteiger partial charge in [-0.25, -0.2) is 0 Å². The average Bonchev–Trinajstić information content (AvgIpc) is 2.39. The highest BCUT2D eigenvalue weighted by molar-refractivity contribution is 5.96. The van der Waals surface area contributed by atoms with Crippen molar-refractivity contribution in [3.63, 3.8) is 0 Å². The SMILES string of the molecule is Cc1ccc(C(=O)CC(C)(O)c2ccc(C)cc2)cc1. The standard InChI is InChI=1S/C18H20O2/c1-13-4-8-15(9-5-13)17(19)12-18(3,20)16-10-6-14(2)7-11-16/h4-11,20H,12H2,1-3H3. The second-order valence-electron chi connectivity index (χ2n) is 5.61. The van der Waals surface area contributed by atoms with Crippen LogP contribution in [0, 0.1) is 13.8 Å². The van der Waals surface area contributed by atoms with E-state index in [0.717, 1.165) is 16.7 Å². The van der Waals surface area contributed by atoms with Crippen molar-refractivity contribution in [2.75, 3.05) is 0 Å². The van der Waals surface area contributed by atoms with Crippen LogP contribution < -0.4 is 0 Å². The molecule has 0 spiro atoms. The first-order valence-corrected chi connectivity index (χ1v) is 6.78. The number of hydrogen-bond acceptors (Lipinski definition) is 2. The second-order valence-corrected chi connectivity index (χ2v) is 5.61. The summed E-state index contributed by atoms with van der Waals surface area (Å²) in [6.07, 6.45) is 0.0825. The van der Waals surface area contributed by atoms with Gasteiger partial charge in [-0.1, -0.05) is 59.7 Å². The molecule has 104 valence electrons. The Labute approximate surface area is 120 Å². The van der Waals surface area contributed by atoms with Crippen LogP contribution in [0.4, 0.5) is 0 Å². The van der Waals surface area contributed by atoms with E-state index < -0.39 is 5.60 Å². The van der Waals surface area contributed by atoms with Gasteiger partial charge in [0.25, 0.3) is 0 Å². The van der Waals surface area contributed by atoms with Crippen molar-refractivity contribution in [1.82, 2.24) is 0 Å². The number of rotatable bonds is 4. The van der Waals surface area contributed by atoms with Crippen molar-refractivity contribution in [2.45, 2.75) is 32.8 Å². The molecule has 1 atom stereocenters. The maximum absolute atomic E-state index is 12.3. The van der Waals surface area contributed by atoms with Gasteiger partial charge in [-0.2, -0.15) is 0 Å². The largest absolute Gasteiger partial charge is 0.385 e. The number of aliphatic hydroxyl groups is 1. The van der Waals surface area contributed by atoms with E-state index in [1.54, 1.807) is 6.92 Å². The first-order valence-electron chi connectivity index (χ1n) is 6.78. The van der Waals surface area contributed by atoms with Crippen LogP contribution in [-0.4, -0.2) is 10.9 Å². The number of Topliss-reactive ketones (excluding diaryl/α,β-unsaturated/α-hetero) is 1. The molecular formula is C18H20O2. The van der Waals surface area contributed by atoms with Crippen molar-refractivity contribution in [3.05, 3.63) is 70.8 Å². The fraction of sp³-hybridized carbons (Fsp3) is 0.278. The molecule has 0 saturated heterocycles. The van der Waals surface area contributed by atoms with E-state index in [9.17, 15) is 9.90 Å². The first kappa shape index (κ1) is 14.5. The van der Waals surface area contributed by atoms with Crippen LogP contribution in [0.1, 0.15) is 40.4 Å². The average molecular weight is 268 g/mol. The van der Waals surface area contributed by atoms with E-state index in [4.69, 9.17) is 0 Å². The molecule has 2 aromatic rings. The minimum Gasteiger partial charge on any atom is -0.385 e. The molecule has 0 aliphatic rings. The molecule has 20 heavy (non-hydrogen) atoms. The van der Waals surface area contributed by atoms with Gasteiger partial charge >= 0.3 is 0 Å². The van der Waals surface area contributed by atoms with Gasteiger partial charge in [-0.05, 0) is 26.3 Å². The third kappa shape index (κ3) is 3.34. The van der Waals surface area contributed by atoms with E-state index in [2.05, 4.69) is 0 Å². The Morgan fingerprint density at radius 1 is 0.950 bits per heavy atom. The van der Waals surface area contributed by atoms with Gasteiger partial charge in [-0.15, -0.1) is 0 Å². The lowest BCUT2D eigenvalue weighted by Crippen LogP contribution is -2.25. The van der Waals surface area contributed by atoms with E-state index in [0.29, 0.717) is 5.56 Å². The molecule has 2 rings (SSSR count). The molecule has 0 saturated carbocycles. The third-order valence-corrected chi connectivity index (χ3v) is 3.55. The normalized spacial score (nSPS) is 13.8. The molecule has 1 N–H and O–H groups in total. The van der Waals surface area contributed by atoms with Crippen molar-refractivity contribution >= 4 is 5.78 Å². The predicted octanol–water partition coefficient (Wildman–Crippen LogP) is 3.78. The van der Waals surface area contributed by atoms with Gasteiger partial charge in [0, 0.05) is 12.0 Å². The van der Waals surface area contributed by atoms with Crippen LogP contribution in [0.5, 0.6) is 0 Å². The number of aryl methyl sites for hydroxylation is 2. The molecule has 0 aromatic heterocycles. The Bertz CT molecular complexity index is 592. The molecule has 2 nitrogen and oxygen atoms in total. The number of ketones is 1. The summed E-state index contributed by atoms with van der Waals surface area (Å²) in [4.78, 5) is 12.3. The van der Waals surface area contributed by atoms with E-state index in [1.807, 2.05) is 62.4 Å². The minimum absolute atomic E-state index is 0.0458. The Morgan fingerprint density at radius 3 is 1.90 bits per heavy atom. The highest BCUT2D eigenvalue weighted by atomic mass is 16.3. The first-order chi connectivity index (χ1) is 9.38. The molecule has 1 unspecified atom stereocenters. The molecule has 2 aromatic carbocycles. The van der Waals surface area contributed by atoms with Crippen molar-refractivity contribution < 1.29 is 9.90 Å². The summed E-state index contributed by atoms with van der Waals surface area (Å²) in [5.41, 5.74) is 2.52. The molecule has 2 heteroatoms. The van der Waals surface area contributed by atoms with Gasteiger partial charge in [0.1, 0.15) is 0 Å². The summed E-state index contributed by atoms with van der Waals surface area (Å²) in [6, 6.07) is 15.1. The monoisotopic (exact) mass is 268 g/mol. The Morgan fingerprint density at radius 2 is 1.40 bits per heavy atom. The summed E-state index contributed by atoms with van der Waals surface area (Å²) >= 11 is 0. The summed E-state index contributed by atoms with van der Waals surface area (Å²) in [5, 5.41) is 10.5. The van der Waals surface area contributed by atoms with Crippen LogP contribution in [0.3, 0.4) is 0 Å². The van der Waals surface area contributed by atoms with Crippen molar-refractivity contribution in [1.29, 1.82) is 0 Å². The molecule has 0 fully saturated rings. The molecule has 0 aliphatic heterocycles. The maximum atomic E-state index is 12.3. The van der Waals surface area contributed by atoms with E-state index in [-0.39, 0.29) is 12.2 Å². The smallest absolute Gasteiger partial charge is 0.166 e. The second kappa shape index (κ2) is 5.59. The van der Waals surface area contributed by atoms with Crippen molar-refractivity contribution in [2.24, 2.45) is 0 Å². The number of carbonyl (C=O) groups is 1. The lowest BCUT2D eigenvalue weighted by molar-refractivity contribution is 0.0431. The van der Waals surface area contributed by atoms with Gasteiger partial charge in [0.2, 0.25) is 0 Å². The van der Waals surface area contributed by atoms with Gasteiger partial charge in [-0.3, -0.25) is 4.79 Å². The van der Waals surface area contributed by atoms with Crippen LogP contribution in [0.25, 0.3) is 0 Å². The van der Waals surface area contributed by atoms with E-state index in [1.165, 1.54) is 0 Å². The third-order valence-electron chi connectivity index (χ3n) is 3.55. The Balaban J connectivity index is 2.17. The van der Waals surface area contributed by atoms with Crippen LogP contribution in [0.15, 0.2) is 48.5 Å². The predicted molar refractivity (Wildman–Crippen MR) is 80.9 cm³/mol. The Hall–Kier alpha value is -1.93. The zero-order chi connectivity index (χ0) is 14.8. The van der Waals surface area contributed by atoms with Crippen LogP contribution >= 0.6 is 0 Å². The van der Waals surface area contributed by atoms with Gasteiger partial charge < -0.3 is 5.11 Å². The summed E-state index contributed by atoms with van der Waals surface area (Å²) in [7, 11) is 0. The quantitative estimate of drug-likeness (QED) is 0.857. The fourth-order valence-corrected chi connectivity index (χ4v) is 2.17. The van der Waals surface area contributed by atoms with Crippen LogP contribution in [0.2, 0.25) is 0 Å². The zero-order valence-electron chi connectivity index (χ0n) is 12.2. The lowest BCUT2D eigenvalue weighted by atomic mass is 9.88. The summed E-state index contributed by atoms with van der Waals surface area (Å²) in [5.74, 6) is -0.0458.